The van der Waals surface area contributed by atoms with Crippen molar-refractivity contribution >= 4 is 5.52 Å². The predicted octanol–water partition coefficient (Wildman–Crippen LogP) is 3.45. The van der Waals surface area contributed by atoms with Gasteiger partial charge in [0.1, 0.15) is 11.9 Å². The molecule has 0 radical (unpaired) electrons. The molecule has 20 heavy (non-hydrogen) atoms. The van der Waals surface area contributed by atoms with Crippen LogP contribution in [0.15, 0.2) is 48.8 Å². The van der Waals surface area contributed by atoms with E-state index in [1.54, 1.807) is 35.0 Å². The minimum absolute atomic E-state index is 0.0257. The van der Waals surface area contributed by atoms with E-state index in [1.165, 1.54) is 6.07 Å². The summed E-state index contributed by atoms with van der Waals surface area (Å²) in [6.07, 6.45) is 3.43. The van der Waals surface area contributed by atoms with Crippen LogP contribution in [0.25, 0.3) is 5.52 Å². The van der Waals surface area contributed by atoms with Gasteiger partial charge in [0, 0.05) is 18.5 Å². The lowest BCUT2D eigenvalue weighted by Gasteiger charge is -2.09. The smallest absolute Gasteiger partial charge is 0.172 e. The highest BCUT2D eigenvalue weighted by Gasteiger charge is 2.09. The Labute approximate surface area is 113 Å². The van der Waals surface area contributed by atoms with Crippen molar-refractivity contribution in [1.29, 1.82) is 5.26 Å². The Kier molecular flexibility index (Phi) is 2.77. The second-order valence-electron chi connectivity index (χ2n) is 4.22. The number of aromatic nitrogens is 1. The van der Waals surface area contributed by atoms with Crippen LogP contribution < -0.4 is 4.74 Å². The van der Waals surface area contributed by atoms with Gasteiger partial charge in [-0.05, 0) is 30.3 Å². The molecule has 0 bridgehead atoms. The maximum atomic E-state index is 13.2. The van der Waals surface area contributed by atoms with Crippen molar-refractivity contribution in [2.75, 3.05) is 0 Å². The third kappa shape index (κ3) is 2.04. The summed E-state index contributed by atoms with van der Waals surface area (Å²) in [5, 5.41) is 18.6. The minimum Gasteiger partial charge on any atom is -0.504 e. The van der Waals surface area contributed by atoms with Crippen molar-refractivity contribution in [3.8, 4) is 23.3 Å². The average molecular weight is 268 g/mol. The molecule has 3 aromatic rings. The number of phenols is 1. The first kappa shape index (κ1) is 12.1. The fourth-order valence-electron chi connectivity index (χ4n) is 1.94. The molecule has 0 saturated carbocycles. The van der Waals surface area contributed by atoms with Crippen LogP contribution >= 0.6 is 0 Å². The Bertz CT molecular complexity index is 833. The number of benzene rings is 1. The number of hydrogen-bond donors (Lipinski definition) is 1. The van der Waals surface area contributed by atoms with Crippen LogP contribution in [-0.2, 0) is 0 Å². The minimum atomic E-state index is -0.502. The normalized spacial score (nSPS) is 10.4. The number of ether oxygens (including phenoxy) is 1. The van der Waals surface area contributed by atoms with Gasteiger partial charge in [-0.15, -0.1) is 0 Å². The second-order valence-corrected chi connectivity index (χ2v) is 4.22. The molecule has 0 saturated heterocycles. The fraction of sp³-hybridized carbons (Fsp3) is 0. The van der Waals surface area contributed by atoms with Gasteiger partial charge in [-0.25, -0.2) is 4.39 Å². The molecule has 0 aliphatic rings. The maximum absolute atomic E-state index is 13.2. The average Bonchev–Trinajstić information content (AvgIpc) is 2.87. The molecule has 98 valence electrons. The van der Waals surface area contributed by atoms with Crippen molar-refractivity contribution in [1.82, 2.24) is 4.40 Å². The van der Waals surface area contributed by atoms with Crippen molar-refractivity contribution in [3.63, 3.8) is 0 Å². The molecule has 5 heteroatoms. The number of hydrogen-bond acceptors (Lipinski definition) is 3. The van der Waals surface area contributed by atoms with E-state index in [-0.39, 0.29) is 11.5 Å². The van der Waals surface area contributed by atoms with Gasteiger partial charge >= 0.3 is 0 Å². The number of phenolic OH excluding ortho intramolecular Hbond substituents is 1. The maximum Gasteiger partial charge on any atom is 0.172 e. The predicted molar refractivity (Wildman–Crippen MR) is 70.3 cm³/mol. The van der Waals surface area contributed by atoms with Crippen LogP contribution in [0.3, 0.4) is 0 Å². The van der Waals surface area contributed by atoms with Gasteiger partial charge in [0.15, 0.2) is 17.2 Å². The molecular weight excluding hydrogens is 259 g/mol. The number of nitrogens with zero attached hydrogens (tertiary/aromatic N) is 2. The molecule has 0 spiro atoms. The molecule has 0 unspecified atom stereocenters. The topological polar surface area (TPSA) is 57.7 Å². The molecule has 0 aliphatic heterocycles. The molecule has 2 aromatic heterocycles. The summed E-state index contributed by atoms with van der Waals surface area (Å²) in [5.74, 6) is -0.203. The zero-order valence-electron chi connectivity index (χ0n) is 10.2. The van der Waals surface area contributed by atoms with E-state index in [4.69, 9.17) is 10.00 Å². The number of nitriles is 1. The van der Waals surface area contributed by atoms with E-state index in [9.17, 15) is 9.50 Å². The Morgan fingerprint density at radius 2 is 2.05 bits per heavy atom. The number of fused-ring (bicyclic) bond motifs is 1. The summed E-state index contributed by atoms with van der Waals surface area (Å²) in [6.45, 7) is 0. The molecule has 1 N–H and O–H groups in total. The Hall–Kier alpha value is -3.00. The standard InChI is InChI=1S/C15H9FN2O2/c16-11-3-4-13(19)15(7-11)20-14-2-1-5-18-9-10(8-17)6-12(14)18/h1-7,9,19H. The number of pyridine rings is 1. The van der Waals surface area contributed by atoms with Gasteiger partial charge < -0.3 is 14.2 Å². The highest BCUT2D eigenvalue weighted by atomic mass is 19.1. The Morgan fingerprint density at radius 3 is 2.85 bits per heavy atom. The van der Waals surface area contributed by atoms with E-state index >= 15 is 0 Å². The van der Waals surface area contributed by atoms with Crippen LogP contribution in [0, 0.1) is 17.1 Å². The summed E-state index contributed by atoms with van der Waals surface area (Å²) in [7, 11) is 0. The van der Waals surface area contributed by atoms with Crippen LogP contribution in [0.4, 0.5) is 4.39 Å². The van der Waals surface area contributed by atoms with Crippen molar-refractivity contribution in [2.24, 2.45) is 0 Å². The van der Waals surface area contributed by atoms with Crippen molar-refractivity contribution in [3.05, 3.63) is 60.2 Å². The molecule has 0 amide bonds. The van der Waals surface area contributed by atoms with Crippen molar-refractivity contribution in [2.45, 2.75) is 0 Å². The van der Waals surface area contributed by atoms with E-state index in [0.29, 0.717) is 16.8 Å². The highest BCUT2D eigenvalue weighted by molar-refractivity contribution is 5.65. The Morgan fingerprint density at radius 1 is 1.20 bits per heavy atom. The van der Waals surface area contributed by atoms with Gasteiger partial charge in [0.2, 0.25) is 0 Å². The molecule has 0 atom stereocenters. The van der Waals surface area contributed by atoms with Crippen molar-refractivity contribution < 1.29 is 14.2 Å². The zero-order chi connectivity index (χ0) is 14.1. The van der Waals surface area contributed by atoms with E-state index in [1.807, 2.05) is 6.07 Å². The first-order chi connectivity index (χ1) is 9.67. The van der Waals surface area contributed by atoms with Crippen LogP contribution in [0.2, 0.25) is 0 Å². The van der Waals surface area contributed by atoms with Gasteiger partial charge in [-0.2, -0.15) is 5.26 Å². The fourth-order valence-corrected chi connectivity index (χ4v) is 1.94. The molecule has 2 heterocycles. The van der Waals surface area contributed by atoms with E-state index in [0.717, 1.165) is 12.1 Å². The lowest BCUT2D eigenvalue weighted by molar-refractivity contribution is 0.409. The highest BCUT2D eigenvalue weighted by Crippen LogP contribution is 2.33. The summed E-state index contributed by atoms with van der Waals surface area (Å²) in [4.78, 5) is 0. The number of halogens is 1. The Balaban J connectivity index is 2.09. The SMILES string of the molecule is N#Cc1cc2c(Oc3cc(F)ccc3O)cccn2c1. The molecule has 0 aliphatic carbocycles. The largest absolute Gasteiger partial charge is 0.504 e. The third-order valence-corrected chi connectivity index (χ3v) is 2.87. The quantitative estimate of drug-likeness (QED) is 0.774. The summed E-state index contributed by atoms with van der Waals surface area (Å²) in [6, 6.07) is 10.6. The van der Waals surface area contributed by atoms with Crippen LogP contribution in [0.5, 0.6) is 17.2 Å². The number of rotatable bonds is 2. The lowest BCUT2D eigenvalue weighted by Crippen LogP contribution is -1.89. The third-order valence-electron chi connectivity index (χ3n) is 2.87. The molecular formula is C15H9FN2O2. The van der Waals surface area contributed by atoms with Crippen LogP contribution in [-0.4, -0.2) is 9.51 Å². The molecule has 1 aromatic carbocycles. The first-order valence-corrected chi connectivity index (χ1v) is 5.84. The van der Waals surface area contributed by atoms with Gasteiger partial charge in [-0.1, -0.05) is 0 Å². The molecule has 0 fully saturated rings. The van der Waals surface area contributed by atoms with E-state index in [2.05, 4.69) is 0 Å². The molecule has 4 nitrogen and oxygen atoms in total. The first-order valence-electron chi connectivity index (χ1n) is 5.84. The zero-order valence-corrected chi connectivity index (χ0v) is 10.2. The van der Waals surface area contributed by atoms with Crippen LogP contribution in [0.1, 0.15) is 5.56 Å². The molecule has 3 rings (SSSR count). The summed E-state index contributed by atoms with van der Waals surface area (Å²) in [5.41, 5.74) is 1.15. The van der Waals surface area contributed by atoms with Gasteiger partial charge in [-0.3, -0.25) is 0 Å². The van der Waals surface area contributed by atoms with Gasteiger partial charge in [0.25, 0.3) is 0 Å². The van der Waals surface area contributed by atoms with Gasteiger partial charge in [0.05, 0.1) is 11.1 Å². The number of aromatic hydroxyl groups is 1. The second kappa shape index (κ2) is 4.59. The summed E-state index contributed by atoms with van der Waals surface area (Å²) >= 11 is 0. The van der Waals surface area contributed by atoms with E-state index < -0.39 is 5.82 Å². The monoisotopic (exact) mass is 268 g/mol. The lowest BCUT2D eigenvalue weighted by atomic mass is 10.3. The summed E-state index contributed by atoms with van der Waals surface area (Å²) < 4.78 is 20.5.